The van der Waals surface area contributed by atoms with Crippen LogP contribution in [0.4, 0.5) is 8.78 Å². The Morgan fingerprint density at radius 1 is 1.47 bits per heavy atom. The highest BCUT2D eigenvalue weighted by Gasteiger charge is 2.72. The van der Waals surface area contributed by atoms with Crippen molar-refractivity contribution in [2.75, 3.05) is 0 Å². The average molecular weight is 249 g/mol. The second-order valence-corrected chi connectivity index (χ2v) is 4.72. The molecular formula is C11H17F2NO3. The van der Waals surface area contributed by atoms with Crippen LogP contribution in [0.5, 0.6) is 0 Å². The van der Waals surface area contributed by atoms with Crippen molar-refractivity contribution >= 4 is 11.9 Å². The lowest BCUT2D eigenvalue weighted by molar-refractivity contribution is -0.143. The number of halogens is 2. The summed E-state index contributed by atoms with van der Waals surface area (Å²) in [6.45, 7) is 3.04. The van der Waals surface area contributed by atoms with Crippen molar-refractivity contribution in [2.24, 2.45) is 5.41 Å². The highest BCUT2D eigenvalue weighted by molar-refractivity contribution is 5.90. The molecule has 1 aliphatic rings. The number of rotatable bonds is 6. The molecule has 1 aliphatic carbocycles. The van der Waals surface area contributed by atoms with Gasteiger partial charge >= 0.3 is 5.97 Å². The van der Waals surface area contributed by atoms with Gasteiger partial charge in [0.1, 0.15) is 11.5 Å². The summed E-state index contributed by atoms with van der Waals surface area (Å²) in [5, 5.41) is 11.1. The Morgan fingerprint density at radius 2 is 2.00 bits per heavy atom. The minimum Gasteiger partial charge on any atom is -0.480 e. The van der Waals surface area contributed by atoms with Crippen LogP contribution in [0.15, 0.2) is 0 Å². The van der Waals surface area contributed by atoms with Gasteiger partial charge in [-0.25, -0.2) is 13.6 Å². The predicted molar refractivity (Wildman–Crippen MR) is 56.8 cm³/mol. The monoisotopic (exact) mass is 249 g/mol. The summed E-state index contributed by atoms with van der Waals surface area (Å²) in [6, 6.07) is -1.07. The Kier molecular flexibility index (Phi) is 3.74. The highest BCUT2D eigenvalue weighted by Crippen LogP contribution is 2.60. The number of unbranched alkanes of at least 4 members (excludes halogenated alkanes) is 1. The van der Waals surface area contributed by atoms with Gasteiger partial charge in [0.05, 0.1) is 0 Å². The molecule has 0 radical (unpaired) electrons. The number of carboxylic acid groups (broad SMARTS) is 1. The minimum absolute atomic E-state index is 0.263. The predicted octanol–water partition coefficient (Wildman–Crippen LogP) is 1.79. The number of aliphatic carboxylic acids is 1. The fraction of sp³-hybridized carbons (Fsp3) is 0.818. The van der Waals surface area contributed by atoms with Gasteiger partial charge in [-0.1, -0.05) is 19.8 Å². The first-order valence-corrected chi connectivity index (χ1v) is 5.66. The molecular weight excluding hydrogens is 232 g/mol. The molecule has 0 aromatic carbocycles. The third kappa shape index (κ3) is 2.73. The molecule has 1 saturated carbocycles. The zero-order chi connectivity index (χ0) is 13.3. The van der Waals surface area contributed by atoms with E-state index >= 15 is 0 Å². The first-order chi connectivity index (χ1) is 7.74. The summed E-state index contributed by atoms with van der Waals surface area (Å²) >= 11 is 0. The van der Waals surface area contributed by atoms with Gasteiger partial charge in [-0.05, 0) is 13.3 Å². The largest absolute Gasteiger partial charge is 0.480 e. The zero-order valence-electron chi connectivity index (χ0n) is 9.93. The summed E-state index contributed by atoms with van der Waals surface area (Å²) in [7, 11) is 0. The standard InChI is InChI=1S/C11H17F2NO3/c1-3-4-5-7(8(15)16)14-9(17)10(2)6-11(10,12)13/h7H,3-6H2,1-2H3,(H,14,17)(H,15,16). The molecule has 6 heteroatoms. The van der Waals surface area contributed by atoms with Gasteiger partial charge in [-0.15, -0.1) is 0 Å². The Labute approximate surface area is 98.4 Å². The van der Waals surface area contributed by atoms with Gasteiger partial charge in [0.2, 0.25) is 5.91 Å². The molecule has 0 saturated heterocycles. The molecule has 17 heavy (non-hydrogen) atoms. The van der Waals surface area contributed by atoms with Crippen molar-refractivity contribution in [3.8, 4) is 0 Å². The Balaban J connectivity index is 2.57. The van der Waals surface area contributed by atoms with E-state index in [-0.39, 0.29) is 6.42 Å². The molecule has 2 unspecified atom stereocenters. The van der Waals surface area contributed by atoms with Crippen molar-refractivity contribution in [1.29, 1.82) is 0 Å². The fourth-order valence-corrected chi connectivity index (χ4v) is 1.63. The SMILES string of the molecule is CCCCC(NC(=O)C1(C)CC1(F)F)C(=O)O. The summed E-state index contributed by atoms with van der Waals surface area (Å²) in [6.07, 6.45) is 1.17. The van der Waals surface area contributed by atoms with Gasteiger partial charge in [0.25, 0.3) is 5.92 Å². The number of hydrogen-bond acceptors (Lipinski definition) is 2. The maximum absolute atomic E-state index is 12.9. The summed E-state index contributed by atoms with van der Waals surface area (Å²) in [5.41, 5.74) is -1.73. The van der Waals surface area contributed by atoms with Crippen LogP contribution in [0.3, 0.4) is 0 Å². The molecule has 0 bridgehead atoms. The van der Waals surface area contributed by atoms with Crippen LogP contribution >= 0.6 is 0 Å². The van der Waals surface area contributed by atoms with Gasteiger partial charge in [0, 0.05) is 6.42 Å². The summed E-state index contributed by atoms with van der Waals surface area (Å²) < 4.78 is 25.9. The van der Waals surface area contributed by atoms with Crippen molar-refractivity contribution < 1.29 is 23.5 Å². The van der Waals surface area contributed by atoms with Crippen LogP contribution in [-0.4, -0.2) is 28.9 Å². The molecule has 0 aromatic heterocycles. The van der Waals surface area contributed by atoms with Crippen molar-refractivity contribution in [3.63, 3.8) is 0 Å². The molecule has 0 aliphatic heterocycles. The van der Waals surface area contributed by atoms with Gasteiger partial charge in [0.15, 0.2) is 0 Å². The van der Waals surface area contributed by atoms with Crippen LogP contribution in [-0.2, 0) is 9.59 Å². The van der Waals surface area contributed by atoms with Crippen LogP contribution < -0.4 is 5.32 Å². The van der Waals surface area contributed by atoms with E-state index in [0.29, 0.717) is 6.42 Å². The Bertz CT molecular complexity index is 333. The van der Waals surface area contributed by atoms with E-state index in [4.69, 9.17) is 5.11 Å². The molecule has 0 heterocycles. The molecule has 0 spiro atoms. The summed E-state index contributed by atoms with van der Waals surface area (Å²) in [5.74, 6) is -5.06. The lowest BCUT2D eigenvalue weighted by atomic mass is 10.1. The molecule has 0 aromatic rings. The number of carbonyl (C=O) groups is 2. The molecule has 1 rings (SSSR count). The lowest BCUT2D eigenvalue weighted by Crippen LogP contribution is -2.45. The first-order valence-electron chi connectivity index (χ1n) is 5.66. The van der Waals surface area contributed by atoms with Gasteiger partial charge in [-0.2, -0.15) is 0 Å². The molecule has 1 amide bonds. The second-order valence-electron chi connectivity index (χ2n) is 4.72. The van der Waals surface area contributed by atoms with Crippen molar-refractivity contribution in [3.05, 3.63) is 0 Å². The van der Waals surface area contributed by atoms with E-state index in [1.807, 2.05) is 6.92 Å². The van der Waals surface area contributed by atoms with E-state index in [9.17, 15) is 18.4 Å². The normalized spacial score (nSPS) is 27.3. The van der Waals surface area contributed by atoms with E-state index < -0.39 is 35.7 Å². The smallest absolute Gasteiger partial charge is 0.326 e. The quantitative estimate of drug-likeness (QED) is 0.754. The van der Waals surface area contributed by atoms with E-state index in [1.54, 1.807) is 0 Å². The molecule has 4 nitrogen and oxygen atoms in total. The maximum atomic E-state index is 12.9. The summed E-state index contributed by atoms with van der Waals surface area (Å²) in [4.78, 5) is 22.4. The van der Waals surface area contributed by atoms with Crippen molar-refractivity contribution in [2.45, 2.75) is 51.5 Å². The van der Waals surface area contributed by atoms with Crippen LogP contribution in [0.25, 0.3) is 0 Å². The van der Waals surface area contributed by atoms with Crippen molar-refractivity contribution in [1.82, 2.24) is 5.32 Å². The fourth-order valence-electron chi connectivity index (χ4n) is 1.63. The van der Waals surface area contributed by atoms with Crippen LogP contribution in [0, 0.1) is 5.41 Å². The van der Waals surface area contributed by atoms with E-state index in [2.05, 4.69) is 5.32 Å². The zero-order valence-corrected chi connectivity index (χ0v) is 9.93. The van der Waals surface area contributed by atoms with E-state index in [1.165, 1.54) is 0 Å². The van der Waals surface area contributed by atoms with Gasteiger partial charge in [-0.3, -0.25) is 4.79 Å². The number of alkyl halides is 2. The molecule has 2 atom stereocenters. The number of hydrogen-bond donors (Lipinski definition) is 2. The third-order valence-electron chi connectivity index (χ3n) is 3.21. The Morgan fingerprint density at radius 3 is 2.35 bits per heavy atom. The lowest BCUT2D eigenvalue weighted by Gasteiger charge is -2.17. The second kappa shape index (κ2) is 4.58. The average Bonchev–Trinajstić information content (AvgIpc) is 2.73. The first kappa shape index (κ1) is 13.9. The van der Waals surface area contributed by atoms with Gasteiger partial charge < -0.3 is 10.4 Å². The molecule has 98 valence electrons. The topological polar surface area (TPSA) is 66.4 Å². The third-order valence-corrected chi connectivity index (χ3v) is 3.21. The molecule has 1 fully saturated rings. The van der Waals surface area contributed by atoms with Crippen LogP contribution in [0.1, 0.15) is 39.5 Å². The minimum atomic E-state index is -3.01. The number of carboxylic acids is 1. The maximum Gasteiger partial charge on any atom is 0.326 e. The number of carbonyl (C=O) groups excluding carboxylic acids is 1. The number of nitrogens with one attached hydrogen (secondary N) is 1. The highest BCUT2D eigenvalue weighted by atomic mass is 19.3. The van der Waals surface area contributed by atoms with Crippen LogP contribution in [0.2, 0.25) is 0 Å². The van der Waals surface area contributed by atoms with E-state index in [0.717, 1.165) is 13.3 Å². The number of amides is 1. The molecule has 2 N–H and O–H groups in total. The Hall–Kier alpha value is -1.20.